The summed E-state index contributed by atoms with van der Waals surface area (Å²) in [5.74, 6) is 0.722. The van der Waals surface area contributed by atoms with Crippen molar-refractivity contribution in [3.63, 3.8) is 0 Å². The Morgan fingerprint density at radius 2 is 2.15 bits per heavy atom. The van der Waals surface area contributed by atoms with Crippen LogP contribution in [0.5, 0.6) is 0 Å². The van der Waals surface area contributed by atoms with E-state index < -0.39 is 5.41 Å². The summed E-state index contributed by atoms with van der Waals surface area (Å²) in [6, 6.07) is 3.89. The molecule has 6 nitrogen and oxygen atoms in total. The van der Waals surface area contributed by atoms with Gasteiger partial charge in [-0.3, -0.25) is 4.79 Å². The fourth-order valence-electron chi connectivity index (χ4n) is 2.46. The first-order valence-electron chi connectivity index (χ1n) is 6.18. The number of imidazole rings is 1. The maximum atomic E-state index is 11.9. The summed E-state index contributed by atoms with van der Waals surface area (Å²) < 4.78 is 0. The lowest BCUT2D eigenvalue weighted by Gasteiger charge is -2.14. The van der Waals surface area contributed by atoms with Crippen molar-refractivity contribution in [1.29, 1.82) is 0 Å². The molecule has 3 heterocycles. The number of hydrogen-bond acceptors (Lipinski definition) is 5. The second-order valence-electron chi connectivity index (χ2n) is 5.32. The van der Waals surface area contributed by atoms with Gasteiger partial charge in [-0.1, -0.05) is 11.3 Å². The SMILES string of the molecule is CC1(C)C(=O)Nc2cc3nc(-c4nncs4)[nH]c3cc21. The quantitative estimate of drug-likeness (QED) is 0.718. The van der Waals surface area contributed by atoms with Crippen LogP contribution in [0.25, 0.3) is 21.9 Å². The predicted octanol–water partition coefficient (Wildman–Crippen LogP) is 2.31. The molecule has 0 bridgehead atoms. The predicted molar refractivity (Wildman–Crippen MR) is 76.7 cm³/mol. The summed E-state index contributed by atoms with van der Waals surface area (Å²) in [6.45, 7) is 3.84. The van der Waals surface area contributed by atoms with E-state index in [9.17, 15) is 4.79 Å². The maximum Gasteiger partial charge on any atom is 0.234 e. The van der Waals surface area contributed by atoms with Crippen LogP contribution in [0.2, 0.25) is 0 Å². The molecule has 0 unspecified atom stereocenters. The van der Waals surface area contributed by atoms with E-state index >= 15 is 0 Å². The van der Waals surface area contributed by atoms with Crippen molar-refractivity contribution in [2.24, 2.45) is 0 Å². The molecule has 0 aliphatic carbocycles. The molecule has 2 N–H and O–H groups in total. The third kappa shape index (κ3) is 1.44. The fraction of sp³-hybridized carbons (Fsp3) is 0.231. The Morgan fingerprint density at radius 3 is 2.90 bits per heavy atom. The van der Waals surface area contributed by atoms with Crippen molar-refractivity contribution < 1.29 is 4.79 Å². The van der Waals surface area contributed by atoms with Gasteiger partial charge in [0.1, 0.15) is 5.51 Å². The van der Waals surface area contributed by atoms with Gasteiger partial charge >= 0.3 is 0 Å². The Morgan fingerprint density at radius 1 is 1.30 bits per heavy atom. The number of aromatic nitrogens is 4. The van der Waals surface area contributed by atoms with Crippen LogP contribution >= 0.6 is 11.3 Å². The summed E-state index contributed by atoms with van der Waals surface area (Å²) in [4.78, 5) is 19.7. The largest absolute Gasteiger partial charge is 0.336 e. The maximum absolute atomic E-state index is 11.9. The van der Waals surface area contributed by atoms with Crippen LogP contribution in [0.3, 0.4) is 0 Å². The first kappa shape index (κ1) is 11.5. The summed E-state index contributed by atoms with van der Waals surface area (Å²) in [6.07, 6.45) is 0. The number of anilines is 1. The van der Waals surface area contributed by atoms with Gasteiger partial charge in [0.15, 0.2) is 10.8 Å². The fourth-order valence-corrected chi connectivity index (χ4v) is 2.95. The van der Waals surface area contributed by atoms with Gasteiger partial charge in [-0.05, 0) is 31.5 Å². The minimum atomic E-state index is -0.516. The van der Waals surface area contributed by atoms with Crippen LogP contribution in [0.1, 0.15) is 19.4 Å². The number of rotatable bonds is 1. The van der Waals surface area contributed by atoms with Gasteiger partial charge in [0.2, 0.25) is 5.91 Å². The number of carbonyl (C=O) groups is 1. The molecule has 0 atom stereocenters. The van der Waals surface area contributed by atoms with E-state index in [0.717, 1.165) is 27.3 Å². The van der Waals surface area contributed by atoms with Crippen molar-refractivity contribution in [2.45, 2.75) is 19.3 Å². The molecule has 1 aromatic carbocycles. The van der Waals surface area contributed by atoms with Gasteiger partial charge in [0.05, 0.1) is 16.4 Å². The average molecular weight is 285 g/mol. The first-order chi connectivity index (χ1) is 9.55. The molecule has 0 spiro atoms. The molecule has 1 amide bonds. The van der Waals surface area contributed by atoms with Gasteiger partial charge in [-0.15, -0.1) is 10.2 Å². The van der Waals surface area contributed by atoms with E-state index in [1.807, 2.05) is 26.0 Å². The van der Waals surface area contributed by atoms with Gasteiger partial charge < -0.3 is 10.3 Å². The van der Waals surface area contributed by atoms with Crippen LogP contribution in [-0.4, -0.2) is 26.1 Å². The van der Waals surface area contributed by atoms with E-state index in [1.54, 1.807) is 5.51 Å². The number of carbonyl (C=O) groups excluding carboxylic acids is 1. The van der Waals surface area contributed by atoms with Crippen LogP contribution in [0, 0.1) is 0 Å². The average Bonchev–Trinajstić information content (AvgIpc) is 3.08. The standard InChI is InChI=1S/C13H11N5OS/c1-13(2)6-3-8-9(4-7(6)17-12(13)19)16-10(15-8)11-18-14-5-20-11/h3-5H,1-2H3,(H,15,16)(H,17,19). The molecule has 2 aromatic heterocycles. The molecule has 100 valence electrons. The Labute approximate surface area is 118 Å². The second-order valence-corrected chi connectivity index (χ2v) is 6.16. The Balaban J connectivity index is 1.93. The third-order valence-corrected chi connectivity index (χ3v) is 4.37. The lowest BCUT2D eigenvalue weighted by molar-refractivity contribution is -0.119. The molecule has 0 fully saturated rings. The number of fused-ring (bicyclic) bond motifs is 2. The van der Waals surface area contributed by atoms with Crippen LogP contribution < -0.4 is 5.32 Å². The Kier molecular flexibility index (Phi) is 2.10. The lowest BCUT2D eigenvalue weighted by Crippen LogP contribution is -2.26. The summed E-state index contributed by atoms with van der Waals surface area (Å²) in [5.41, 5.74) is 4.69. The van der Waals surface area contributed by atoms with E-state index in [2.05, 4.69) is 25.5 Å². The molecule has 7 heteroatoms. The molecular formula is C13H11N5OS. The molecule has 0 saturated carbocycles. The molecule has 4 rings (SSSR count). The van der Waals surface area contributed by atoms with Crippen molar-refractivity contribution in [3.8, 4) is 10.8 Å². The van der Waals surface area contributed by atoms with E-state index in [1.165, 1.54) is 11.3 Å². The van der Waals surface area contributed by atoms with Crippen molar-refractivity contribution in [3.05, 3.63) is 23.2 Å². The molecule has 0 radical (unpaired) electrons. The third-order valence-electron chi connectivity index (χ3n) is 3.67. The highest BCUT2D eigenvalue weighted by Gasteiger charge is 2.38. The Hall–Kier alpha value is -2.28. The summed E-state index contributed by atoms with van der Waals surface area (Å²) >= 11 is 1.43. The van der Waals surface area contributed by atoms with Crippen molar-refractivity contribution >= 4 is 34.0 Å². The molecule has 1 aliphatic heterocycles. The number of amides is 1. The number of nitrogens with zero attached hydrogens (tertiary/aromatic N) is 3. The summed E-state index contributed by atoms with van der Waals surface area (Å²) in [7, 11) is 0. The highest BCUT2D eigenvalue weighted by molar-refractivity contribution is 7.12. The first-order valence-corrected chi connectivity index (χ1v) is 7.06. The number of hydrogen-bond donors (Lipinski definition) is 2. The van der Waals surface area contributed by atoms with Crippen LogP contribution in [0.4, 0.5) is 5.69 Å². The minimum Gasteiger partial charge on any atom is -0.336 e. The van der Waals surface area contributed by atoms with Crippen molar-refractivity contribution in [1.82, 2.24) is 20.2 Å². The topological polar surface area (TPSA) is 83.6 Å². The molecule has 20 heavy (non-hydrogen) atoms. The molecule has 1 aliphatic rings. The van der Waals surface area contributed by atoms with E-state index in [4.69, 9.17) is 0 Å². The Bertz CT molecular complexity index is 834. The molecule has 0 saturated heterocycles. The minimum absolute atomic E-state index is 0.0181. The number of nitrogens with one attached hydrogen (secondary N) is 2. The molecular weight excluding hydrogens is 274 g/mol. The highest BCUT2D eigenvalue weighted by atomic mass is 32.1. The highest BCUT2D eigenvalue weighted by Crippen LogP contribution is 2.39. The van der Waals surface area contributed by atoms with Gasteiger partial charge in [-0.25, -0.2) is 4.98 Å². The van der Waals surface area contributed by atoms with Crippen LogP contribution in [-0.2, 0) is 10.2 Å². The van der Waals surface area contributed by atoms with E-state index in [0.29, 0.717) is 5.82 Å². The van der Waals surface area contributed by atoms with Gasteiger partial charge in [-0.2, -0.15) is 0 Å². The zero-order valence-corrected chi connectivity index (χ0v) is 11.7. The van der Waals surface area contributed by atoms with Crippen LogP contribution in [0.15, 0.2) is 17.6 Å². The normalized spacial score (nSPS) is 16.4. The number of benzene rings is 1. The summed E-state index contributed by atoms with van der Waals surface area (Å²) in [5, 5.41) is 11.5. The zero-order valence-electron chi connectivity index (χ0n) is 10.9. The smallest absolute Gasteiger partial charge is 0.234 e. The monoisotopic (exact) mass is 285 g/mol. The van der Waals surface area contributed by atoms with Gasteiger partial charge in [0.25, 0.3) is 0 Å². The molecule has 3 aromatic rings. The van der Waals surface area contributed by atoms with Gasteiger partial charge in [0, 0.05) is 5.69 Å². The number of H-pyrrole nitrogens is 1. The van der Waals surface area contributed by atoms with Crippen molar-refractivity contribution in [2.75, 3.05) is 5.32 Å². The number of aromatic amines is 1. The second kappa shape index (κ2) is 3.63. The zero-order chi connectivity index (χ0) is 13.9. The lowest BCUT2D eigenvalue weighted by atomic mass is 9.86. The van der Waals surface area contributed by atoms with E-state index in [-0.39, 0.29) is 5.91 Å².